The van der Waals surface area contributed by atoms with Crippen molar-refractivity contribution in [2.45, 2.75) is 24.3 Å². The van der Waals surface area contributed by atoms with Crippen LogP contribution in [0.2, 0.25) is 0 Å². The number of halogens is 1. The average Bonchev–Trinajstić information content (AvgIpc) is 2.88. The van der Waals surface area contributed by atoms with Crippen LogP contribution >= 0.6 is 22.6 Å². The first-order valence-electron chi connectivity index (χ1n) is 11.1. The molecule has 1 unspecified atom stereocenters. The first-order valence-corrected chi connectivity index (χ1v) is 13.6. The number of sulfonamides is 1. The maximum Gasteiger partial charge on any atom is 0.264 e. The zero-order valence-corrected chi connectivity index (χ0v) is 22.6. The van der Waals surface area contributed by atoms with E-state index in [9.17, 15) is 18.0 Å². The molecular weight excluding hydrogens is 577 g/mol. The van der Waals surface area contributed by atoms with Gasteiger partial charge >= 0.3 is 0 Å². The molecular formula is C26H28IN3O4S. The summed E-state index contributed by atoms with van der Waals surface area (Å²) < 4.78 is 29.2. The van der Waals surface area contributed by atoms with Gasteiger partial charge in [-0.2, -0.15) is 0 Å². The van der Waals surface area contributed by atoms with Crippen LogP contribution in [0.4, 0.5) is 5.69 Å². The molecule has 0 aliphatic carbocycles. The second-order valence-corrected chi connectivity index (χ2v) is 11.0. The van der Waals surface area contributed by atoms with Crippen molar-refractivity contribution in [3.8, 4) is 0 Å². The highest BCUT2D eigenvalue weighted by atomic mass is 127. The zero-order valence-electron chi connectivity index (χ0n) is 19.6. The molecule has 1 atom stereocenters. The second kappa shape index (κ2) is 12.2. The minimum absolute atomic E-state index is 0.0848. The van der Waals surface area contributed by atoms with Crippen molar-refractivity contribution in [1.82, 2.24) is 10.2 Å². The van der Waals surface area contributed by atoms with Gasteiger partial charge in [0.25, 0.3) is 10.0 Å². The molecule has 3 aromatic carbocycles. The molecule has 0 fully saturated rings. The van der Waals surface area contributed by atoms with Gasteiger partial charge in [0.2, 0.25) is 11.8 Å². The molecule has 0 heterocycles. The Balaban J connectivity index is 1.95. The SMILES string of the molecule is CNC(=O)C(C)N(CCc1ccccc1)C(=O)CN(c1ccc(I)cc1)S(=O)(=O)c1ccccc1. The van der Waals surface area contributed by atoms with Crippen LogP contribution in [-0.2, 0) is 26.0 Å². The summed E-state index contributed by atoms with van der Waals surface area (Å²) in [4.78, 5) is 27.6. The third kappa shape index (κ3) is 6.82. The molecule has 0 saturated carbocycles. The van der Waals surface area contributed by atoms with Crippen molar-refractivity contribution in [1.29, 1.82) is 0 Å². The van der Waals surface area contributed by atoms with Gasteiger partial charge < -0.3 is 10.2 Å². The van der Waals surface area contributed by atoms with Crippen molar-refractivity contribution in [2.75, 3.05) is 24.4 Å². The van der Waals surface area contributed by atoms with Gasteiger partial charge in [0.1, 0.15) is 12.6 Å². The predicted octanol–water partition coefficient (Wildman–Crippen LogP) is 3.69. The highest BCUT2D eigenvalue weighted by Gasteiger charge is 2.32. The Morgan fingerprint density at radius 1 is 0.914 bits per heavy atom. The van der Waals surface area contributed by atoms with Gasteiger partial charge in [-0.25, -0.2) is 8.42 Å². The summed E-state index contributed by atoms with van der Waals surface area (Å²) in [6.45, 7) is 1.47. The van der Waals surface area contributed by atoms with Crippen LogP contribution in [-0.4, -0.2) is 51.3 Å². The number of hydrogen-bond acceptors (Lipinski definition) is 4. The number of hydrogen-bond donors (Lipinski definition) is 1. The molecule has 1 N–H and O–H groups in total. The number of carbonyl (C=O) groups excluding carboxylic acids is 2. The molecule has 0 saturated heterocycles. The number of rotatable bonds is 10. The smallest absolute Gasteiger partial charge is 0.264 e. The molecule has 3 aromatic rings. The Hall–Kier alpha value is -2.92. The quantitative estimate of drug-likeness (QED) is 0.358. The zero-order chi connectivity index (χ0) is 25.4. The summed E-state index contributed by atoms with van der Waals surface area (Å²) in [5, 5.41) is 2.58. The highest BCUT2D eigenvalue weighted by molar-refractivity contribution is 14.1. The largest absolute Gasteiger partial charge is 0.357 e. The molecule has 0 aliphatic heterocycles. The molecule has 7 nitrogen and oxygen atoms in total. The fourth-order valence-electron chi connectivity index (χ4n) is 3.63. The molecule has 0 aliphatic rings. The Bertz CT molecular complexity index is 1240. The van der Waals surface area contributed by atoms with Crippen molar-refractivity contribution >= 4 is 50.1 Å². The van der Waals surface area contributed by atoms with Crippen LogP contribution in [0, 0.1) is 3.57 Å². The number of carbonyl (C=O) groups is 2. The van der Waals surface area contributed by atoms with Crippen molar-refractivity contribution in [2.24, 2.45) is 0 Å². The molecule has 184 valence electrons. The first kappa shape index (κ1) is 26.7. The summed E-state index contributed by atoms with van der Waals surface area (Å²) >= 11 is 2.14. The number of amides is 2. The van der Waals surface area contributed by atoms with Gasteiger partial charge in [0.05, 0.1) is 10.6 Å². The summed E-state index contributed by atoms with van der Waals surface area (Å²) in [5.74, 6) is -0.784. The average molecular weight is 605 g/mol. The van der Waals surface area contributed by atoms with Gasteiger partial charge in [-0.1, -0.05) is 48.5 Å². The van der Waals surface area contributed by atoms with E-state index in [0.717, 1.165) is 13.4 Å². The van der Waals surface area contributed by atoms with E-state index >= 15 is 0 Å². The fourth-order valence-corrected chi connectivity index (χ4v) is 5.43. The second-order valence-electron chi connectivity index (χ2n) is 7.91. The van der Waals surface area contributed by atoms with E-state index in [1.807, 2.05) is 30.3 Å². The maximum atomic E-state index is 13.6. The van der Waals surface area contributed by atoms with Crippen LogP contribution in [0.5, 0.6) is 0 Å². The molecule has 0 bridgehead atoms. The number of nitrogens with one attached hydrogen (secondary N) is 1. The van der Waals surface area contributed by atoms with Crippen LogP contribution in [0.3, 0.4) is 0 Å². The van der Waals surface area contributed by atoms with E-state index in [-0.39, 0.29) is 17.3 Å². The van der Waals surface area contributed by atoms with E-state index in [1.165, 1.54) is 24.1 Å². The fraction of sp³-hybridized carbons (Fsp3) is 0.231. The predicted molar refractivity (Wildman–Crippen MR) is 146 cm³/mol. The highest BCUT2D eigenvalue weighted by Crippen LogP contribution is 2.25. The summed E-state index contributed by atoms with van der Waals surface area (Å²) in [7, 11) is -2.52. The Kier molecular flexibility index (Phi) is 9.27. The Morgan fingerprint density at radius 3 is 2.06 bits per heavy atom. The van der Waals surface area contributed by atoms with E-state index in [4.69, 9.17) is 0 Å². The van der Waals surface area contributed by atoms with E-state index in [1.54, 1.807) is 49.4 Å². The Morgan fingerprint density at radius 2 is 1.49 bits per heavy atom. The lowest BCUT2D eigenvalue weighted by atomic mass is 10.1. The number of anilines is 1. The normalized spacial score (nSPS) is 12.0. The van der Waals surface area contributed by atoms with Gasteiger partial charge in [-0.05, 0) is 77.9 Å². The van der Waals surface area contributed by atoms with Crippen LogP contribution in [0.1, 0.15) is 12.5 Å². The van der Waals surface area contributed by atoms with Gasteiger partial charge in [0, 0.05) is 17.2 Å². The number of benzene rings is 3. The van der Waals surface area contributed by atoms with Crippen LogP contribution in [0.25, 0.3) is 0 Å². The van der Waals surface area contributed by atoms with Crippen LogP contribution in [0.15, 0.2) is 89.8 Å². The summed E-state index contributed by atoms with van der Waals surface area (Å²) in [5.41, 5.74) is 1.39. The Labute approximate surface area is 220 Å². The summed E-state index contributed by atoms with van der Waals surface area (Å²) in [6.07, 6.45) is 0.531. The molecule has 35 heavy (non-hydrogen) atoms. The lowest BCUT2D eigenvalue weighted by Gasteiger charge is -2.31. The van der Waals surface area contributed by atoms with Crippen molar-refractivity contribution in [3.63, 3.8) is 0 Å². The molecule has 0 radical (unpaired) electrons. The molecule has 0 spiro atoms. The van der Waals surface area contributed by atoms with Crippen LogP contribution < -0.4 is 9.62 Å². The van der Waals surface area contributed by atoms with Crippen molar-refractivity contribution < 1.29 is 18.0 Å². The van der Waals surface area contributed by atoms with E-state index in [0.29, 0.717) is 12.1 Å². The molecule has 9 heteroatoms. The molecule has 0 aromatic heterocycles. The van der Waals surface area contributed by atoms with E-state index in [2.05, 4.69) is 27.9 Å². The maximum absolute atomic E-state index is 13.6. The van der Waals surface area contributed by atoms with Gasteiger partial charge in [-0.3, -0.25) is 13.9 Å². The standard InChI is InChI=1S/C26H28IN3O4S/c1-20(26(32)28-2)29(18-17-21-9-5-3-6-10-21)25(31)19-30(23-15-13-22(27)14-16-23)35(33,34)24-11-7-4-8-12-24/h3-16,20H,17-19H2,1-2H3,(H,28,32). The topological polar surface area (TPSA) is 86.8 Å². The lowest BCUT2D eigenvalue weighted by Crippen LogP contribution is -2.51. The lowest BCUT2D eigenvalue weighted by molar-refractivity contribution is -0.138. The number of likely N-dealkylation sites (N-methyl/N-ethyl adjacent to an activating group) is 1. The van der Waals surface area contributed by atoms with Gasteiger partial charge in [-0.15, -0.1) is 0 Å². The van der Waals surface area contributed by atoms with E-state index < -0.39 is 28.5 Å². The summed E-state index contributed by atoms with van der Waals surface area (Å²) in [6, 6.07) is 23.8. The number of nitrogens with zero attached hydrogens (tertiary/aromatic N) is 2. The minimum atomic E-state index is -4.03. The minimum Gasteiger partial charge on any atom is -0.357 e. The molecule has 2 amide bonds. The third-order valence-corrected chi connectivity index (χ3v) is 8.13. The monoisotopic (exact) mass is 605 g/mol. The third-order valence-electron chi connectivity index (χ3n) is 5.62. The van der Waals surface area contributed by atoms with Crippen molar-refractivity contribution in [3.05, 3.63) is 94.1 Å². The first-order chi connectivity index (χ1) is 16.7. The molecule has 3 rings (SSSR count). The van der Waals surface area contributed by atoms with Gasteiger partial charge in [0.15, 0.2) is 0 Å².